The highest BCUT2D eigenvalue weighted by molar-refractivity contribution is 6.33. The van der Waals surface area contributed by atoms with Gasteiger partial charge in [0.1, 0.15) is 0 Å². The van der Waals surface area contributed by atoms with Crippen LogP contribution in [0.15, 0.2) is 66.7 Å². The third-order valence-corrected chi connectivity index (χ3v) is 6.53. The summed E-state index contributed by atoms with van der Waals surface area (Å²) in [6.45, 7) is 3.70. The van der Waals surface area contributed by atoms with Gasteiger partial charge in [-0.2, -0.15) is 0 Å². The Kier molecular flexibility index (Phi) is 7.21. The first-order chi connectivity index (χ1) is 16.0. The van der Waals surface area contributed by atoms with E-state index >= 15 is 0 Å². The predicted molar refractivity (Wildman–Crippen MR) is 131 cm³/mol. The Morgan fingerprint density at radius 1 is 1.06 bits per heavy atom. The number of rotatable bonds is 7. The quantitative estimate of drug-likeness (QED) is 0.517. The minimum Gasteiger partial charge on any atom is -0.493 e. The molecule has 1 aliphatic heterocycles. The van der Waals surface area contributed by atoms with E-state index in [9.17, 15) is 4.79 Å². The van der Waals surface area contributed by atoms with E-state index in [2.05, 4.69) is 40.5 Å². The fourth-order valence-electron chi connectivity index (χ4n) is 4.62. The largest absolute Gasteiger partial charge is 0.493 e. The Bertz CT molecular complexity index is 1120. The summed E-state index contributed by atoms with van der Waals surface area (Å²) in [6, 6.07) is 21.4. The summed E-state index contributed by atoms with van der Waals surface area (Å²) < 4.78 is 11.1. The van der Waals surface area contributed by atoms with Gasteiger partial charge in [-0.05, 0) is 54.3 Å². The summed E-state index contributed by atoms with van der Waals surface area (Å²) in [6.07, 6.45) is 0.893. The molecule has 2 atom stereocenters. The highest BCUT2D eigenvalue weighted by Gasteiger charge is 2.34. The van der Waals surface area contributed by atoms with Crippen molar-refractivity contribution < 1.29 is 14.3 Å². The second-order valence-corrected chi connectivity index (χ2v) is 8.71. The molecule has 6 heteroatoms. The average Bonchev–Trinajstić information content (AvgIpc) is 2.83. The number of nitrogens with one attached hydrogen (secondary N) is 1. The normalized spacial score (nSPS) is 16.5. The summed E-state index contributed by atoms with van der Waals surface area (Å²) in [4.78, 5) is 15.5. The molecule has 3 aromatic carbocycles. The van der Waals surface area contributed by atoms with Crippen LogP contribution in [0.25, 0.3) is 0 Å². The Morgan fingerprint density at radius 2 is 1.73 bits per heavy atom. The van der Waals surface area contributed by atoms with E-state index in [4.69, 9.17) is 21.1 Å². The smallest absolute Gasteiger partial charge is 0.253 e. The molecule has 172 valence electrons. The number of benzene rings is 3. The van der Waals surface area contributed by atoms with Crippen molar-refractivity contribution in [1.29, 1.82) is 0 Å². The summed E-state index contributed by atoms with van der Waals surface area (Å²) in [5, 5.41) is 3.64. The number of carbonyl (C=O) groups is 1. The van der Waals surface area contributed by atoms with E-state index in [1.54, 1.807) is 26.4 Å². The minimum absolute atomic E-state index is 0.0415. The molecule has 1 N–H and O–H groups in total. The first-order valence-electron chi connectivity index (χ1n) is 11.1. The molecule has 1 amide bonds. The van der Waals surface area contributed by atoms with E-state index in [-0.39, 0.29) is 18.0 Å². The summed E-state index contributed by atoms with van der Waals surface area (Å²) in [5.41, 5.74) is 4.06. The fourth-order valence-corrected chi connectivity index (χ4v) is 4.84. The number of amides is 1. The first-order valence-corrected chi connectivity index (χ1v) is 11.5. The number of halogens is 1. The van der Waals surface area contributed by atoms with E-state index in [0.717, 1.165) is 30.8 Å². The third kappa shape index (κ3) is 5.00. The maximum atomic E-state index is 13.1. The Balaban J connectivity index is 1.69. The van der Waals surface area contributed by atoms with Gasteiger partial charge in [0.2, 0.25) is 0 Å². The molecule has 0 unspecified atom stereocenters. The lowest BCUT2D eigenvalue weighted by atomic mass is 9.87. The van der Waals surface area contributed by atoms with E-state index in [1.807, 2.05) is 31.2 Å². The summed E-state index contributed by atoms with van der Waals surface area (Å²) in [7, 11) is 3.30. The van der Waals surface area contributed by atoms with Crippen molar-refractivity contribution in [2.45, 2.75) is 32.0 Å². The molecular weight excluding hydrogens is 436 g/mol. The lowest BCUT2D eigenvalue weighted by molar-refractivity contribution is 0.0877. The summed E-state index contributed by atoms with van der Waals surface area (Å²) >= 11 is 6.28. The van der Waals surface area contributed by atoms with Gasteiger partial charge < -0.3 is 14.8 Å². The average molecular weight is 465 g/mol. The number of ether oxygens (including phenoxy) is 2. The number of nitrogens with zero attached hydrogens (tertiary/aromatic N) is 1. The molecular formula is C27H29ClN2O3. The first kappa shape index (κ1) is 23.1. The zero-order valence-corrected chi connectivity index (χ0v) is 19.9. The fraction of sp³-hybridized carbons (Fsp3) is 0.296. The molecule has 1 heterocycles. The molecule has 4 rings (SSSR count). The zero-order valence-electron chi connectivity index (χ0n) is 19.2. The predicted octanol–water partition coefficient (Wildman–Crippen LogP) is 5.28. The molecule has 33 heavy (non-hydrogen) atoms. The topological polar surface area (TPSA) is 50.8 Å². The molecule has 0 fully saturated rings. The molecule has 0 saturated heterocycles. The van der Waals surface area contributed by atoms with Crippen LogP contribution in [-0.4, -0.2) is 37.6 Å². The lowest BCUT2D eigenvalue weighted by Crippen LogP contribution is -2.47. The number of fused-ring (bicyclic) bond motifs is 1. The second kappa shape index (κ2) is 10.3. The van der Waals surface area contributed by atoms with Crippen molar-refractivity contribution in [3.05, 3.63) is 94.0 Å². The minimum atomic E-state index is -0.180. The Morgan fingerprint density at radius 3 is 2.42 bits per heavy atom. The number of hydrogen-bond donors (Lipinski definition) is 1. The van der Waals surface area contributed by atoms with Gasteiger partial charge >= 0.3 is 0 Å². The maximum absolute atomic E-state index is 13.1. The molecule has 5 nitrogen and oxygen atoms in total. The van der Waals surface area contributed by atoms with Crippen LogP contribution in [0.4, 0.5) is 0 Å². The second-order valence-electron chi connectivity index (χ2n) is 8.30. The Labute approximate surface area is 200 Å². The van der Waals surface area contributed by atoms with Gasteiger partial charge in [-0.15, -0.1) is 0 Å². The summed E-state index contributed by atoms with van der Waals surface area (Å²) in [5.74, 6) is 1.23. The molecule has 0 aromatic heterocycles. The number of hydrogen-bond acceptors (Lipinski definition) is 4. The molecule has 0 saturated carbocycles. The highest BCUT2D eigenvalue weighted by Crippen LogP contribution is 2.40. The number of methoxy groups -OCH3 is 2. The van der Waals surface area contributed by atoms with Gasteiger partial charge in [0.25, 0.3) is 5.91 Å². The van der Waals surface area contributed by atoms with Gasteiger partial charge in [0, 0.05) is 19.1 Å². The maximum Gasteiger partial charge on any atom is 0.253 e. The monoisotopic (exact) mass is 464 g/mol. The molecule has 1 aliphatic rings. The third-order valence-electron chi connectivity index (χ3n) is 6.21. The Hall–Kier alpha value is -3.02. The van der Waals surface area contributed by atoms with Gasteiger partial charge in [0.05, 0.1) is 30.8 Å². The van der Waals surface area contributed by atoms with E-state index in [1.165, 1.54) is 11.1 Å². The van der Waals surface area contributed by atoms with Crippen molar-refractivity contribution >= 4 is 17.5 Å². The van der Waals surface area contributed by atoms with Gasteiger partial charge in [-0.25, -0.2) is 0 Å². The van der Waals surface area contributed by atoms with Crippen LogP contribution in [0, 0.1) is 0 Å². The molecule has 0 bridgehead atoms. The van der Waals surface area contributed by atoms with E-state index < -0.39 is 0 Å². The van der Waals surface area contributed by atoms with Crippen molar-refractivity contribution in [1.82, 2.24) is 10.2 Å². The van der Waals surface area contributed by atoms with Crippen LogP contribution in [0.1, 0.15) is 40.0 Å². The van der Waals surface area contributed by atoms with Crippen LogP contribution in [0.5, 0.6) is 11.5 Å². The van der Waals surface area contributed by atoms with Gasteiger partial charge in [0.15, 0.2) is 11.5 Å². The number of carbonyl (C=O) groups excluding carboxylic acids is 1. The van der Waals surface area contributed by atoms with Crippen molar-refractivity contribution in [3.8, 4) is 11.5 Å². The lowest BCUT2D eigenvalue weighted by Gasteiger charge is -2.41. The SMILES string of the molecule is COc1cc2c(cc1OC)[C@@H]([C@@H](C)NC(=O)c1ccccc1Cl)N(Cc1ccccc1)CC2. The molecule has 0 aliphatic carbocycles. The van der Waals surface area contributed by atoms with Gasteiger partial charge in [-0.1, -0.05) is 54.1 Å². The van der Waals surface area contributed by atoms with Crippen LogP contribution >= 0.6 is 11.6 Å². The van der Waals surface area contributed by atoms with Gasteiger partial charge in [-0.3, -0.25) is 9.69 Å². The highest BCUT2D eigenvalue weighted by atomic mass is 35.5. The van der Waals surface area contributed by atoms with Crippen LogP contribution in [0.2, 0.25) is 5.02 Å². The zero-order chi connectivity index (χ0) is 23.4. The molecule has 3 aromatic rings. The van der Waals surface area contributed by atoms with E-state index in [0.29, 0.717) is 16.3 Å². The van der Waals surface area contributed by atoms with Crippen molar-refractivity contribution in [2.24, 2.45) is 0 Å². The molecule has 0 spiro atoms. The molecule has 0 radical (unpaired) electrons. The standard InChI is InChI=1S/C27H29ClN2O3/c1-18(29-27(31)21-11-7-8-12-23(21)28)26-22-16-25(33-3)24(32-2)15-20(22)13-14-30(26)17-19-9-5-4-6-10-19/h4-12,15-16,18,26H,13-14,17H2,1-3H3,(H,29,31)/t18-,26-/m1/s1. The van der Waals surface area contributed by atoms with Crippen LogP contribution < -0.4 is 14.8 Å². The van der Waals surface area contributed by atoms with Crippen LogP contribution in [0.3, 0.4) is 0 Å². The van der Waals surface area contributed by atoms with Crippen LogP contribution in [-0.2, 0) is 13.0 Å². The van der Waals surface area contributed by atoms with Crippen molar-refractivity contribution in [2.75, 3.05) is 20.8 Å². The van der Waals surface area contributed by atoms with Crippen molar-refractivity contribution in [3.63, 3.8) is 0 Å².